The Morgan fingerprint density at radius 2 is 2.38 bits per heavy atom. The minimum absolute atomic E-state index is 0.199. The van der Waals surface area contributed by atoms with Gasteiger partial charge in [-0.15, -0.1) is 0 Å². The van der Waals surface area contributed by atoms with Crippen molar-refractivity contribution < 1.29 is 4.74 Å². The number of nitriles is 1. The number of nitrogens with zero attached hydrogens (tertiary/aromatic N) is 2. The molecule has 0 bridgehead atoms. The first-order valence-electron chi connectivity index (χ1n) is 5.10. The Kier molecular flexibility index (Phi) is 4.81. The van der Waals surface area contributed by atoms with Crippen molar-refractivity contribution in [1.29, 1.82) is 5.26 Å². The monoisotopic (exact) mass is 182 g/mol. The van der Waals surface area contributed by atoms with Gasteiger partial charge in [0.25, 0.3) is 0 Å². The number of hydrogen-bond donors (Lipinski definition) is 0. The van der Waals surface area contributed by atoms with E-state index in [0.717, 1.165) is 19.6 Å². The van der Waals surface area contributed by atoms with Gasteiger partial charge in [0.15, 0.2) is 6.10 Å². The largest absolute Gasteiger partial charge is 0.361 e. The molecule has 3 heteroatoms. The lowest BCUT2D eigenvalue weighted by Crippen LogP contribution is -2.42. The SMILES string of the molecule is CCCCCN1CCOC(C#N)C1. The molecule has 0 aliphatic carbocycles. The molecule has 1 rings (SSSR count). The second-order valence-electron chi connectivity index (χ2n) is 3.50. The first kappa shape index (κ1) is 10.5. The van der Waals surface area contributed by atoms with Gasteiger partial charge in [-0.05, 0) is 13.0 Å². The van der Waals surface area contributed by atoms with Crippen LogP contribution < -0.4 is 0 Å². The van der Waals surface area contributed by atoms with Gasteiger partial charge in [-0.1, -0.05) is 19.8 Å². The second-order valence-corrected chi connectivity index (χ2v) is 3.50. The van der Waals surface area contributed by atoms with Crippen molar-refractivity contribution in [1.82, 2.24) is 4.90 Å². The Hall–Kier alpha value is -0.590. The summed E-state index contributed by atoms with van der Waals surface area (Å²) >= 11 is 0. The summed E-state index contributed by atoms with van der Waals surface area (Å²) in [6.45, 7) is 5.82. The molecule has 0 aromatic rings. The van der Waals surface area contributed by atoms with Gasteiger partial charge >= 0.3 is 0 Å². The summed E-state index contributed by atoms with van der Waals surface area (Å²) in [6, 6.07) is 2.16. The minimum atomic E-state index is -0.199. The van der Waals surface area contributed by atoms with E-state index in [0.29, 0.717) is 6.61 Å². The highest BCUT2D eigenvalue weighted by molar-refractivity contribution is 4.88. The molecule has 0 amide bonds. The molecule has 1 heterocycles. The quantitative estimate of drug-likeness (QED) is 0.617. The van der Waals surface area contributed by atoms with Gasteiger partial charge in [-0.3, -0.25) is 4.90 Å². The highest BCUT2D eigenvalue weighted by atomic mass is 16.5. The fourth-order valence-corrected chi connectivity index (χ4v) is 1.57. The summed E-state index contributed by atoms with van der Waals surface area (Å²) in [5, 5.41) is 8.68. The third-order valence-corrected chi connectivity index (χ3v) is 2.37. The molecule has 0 aromatic carbocycles. The molecule has 3 nitrogen and oxygen atoms in total. The molecule has 1 fully saturated rings. The molecule has 0 saturated carbocycles. The number of ether oxygens (including phenoxy) is 1. The van der Waals surface area contributed by atoms with E-state index in [2.05, 4.69) is 17.9 Å². The van der Waals surface area contributed by atoms with Crippen molar-refractivity contribution in [3.63, 3.8) is 0 Å². The van der Waals surface area contributed by atoms with Crippen LogP contribution in [0.4, 0.5) is 0 Å². The Morgan fingerprint density at radius 3 is 3.08 bits per heavy atom. The Labute approximate surface area is 80.3 Å². The number of unbranched alkanes of at least 4 members (excludes halogenated alkanes) is 2. The lowest BCUT2D eigenvalue weighted by molar-refractivity contribution is 0.0000754. The Bertz CT molecular complexity index is 176. The van der Waals surface area contributed by atoms with Crippen LogP contribution in [0.25, 0.3) is 0 Å². The van der Waals surface area contributed by atoms with Crippen molar-refractivity contribution in [2.24, 2.45) is 0 Å². The van der Waals surface area contributed by atoms with E-state index in [4.69, 9.17) is 10.00 Å². The van der Waals surface area contributed by atoms with Gasteiger partial charge in [-0.2, -0.15) is 5.26 Å². The summed E-state index contributed by atoms with van der Waals surface area (Å²) in [6.07, 6.45) is 3.59. The molecule has 1 aliphatic heterocycles. The van der Waals surface area contributed by atoms with Crippen LogP contribution in [-0.2, 0) is 4.74 Å². The van der Waals surface area contributed by atoms with E-state index >= 15 is 0 Å². The maximum Gasteiger partial charge on any atom is 0.156 e. The molecule has 1 saturated heterocycles. The van der Waals surface area contributed by atoms with Crippen molar-refractivity contribution in [3.8, 4) is 6.07 Å². The van der Waals surface area contributed by atoms with E-state index in [1.54, 1.807) is 0 Å². The zero-order valence-electron chi connectivity index (χ0n) is 8.33. The zero-order chi connectivity index (χ0) is 9.52. The topological polar surface area (TPSA) is 36.3 Å². The predicted octanol–water partition coefficient (Wildman–Crippen LogP) is 1.40. The third kappa shape index (κ3) is 3.75. The van der Waals surface area contributed by atoms with Crippen molar-refractivity contribution in [3.05, 3.63) is 0 Å². The molecule has 74 valence electrons. The first-order chi connectivity index (χ1) is 6.36. The van der Waals surface area contributed by atoms with Crippen LogP contribution in [0, 0.1) is 11.3 Å². The number of hydrogen-bond acceptors (Lipinski definition) is 3. The summed E-state index contributed by atoms with van der Waals surface area (Å²) in [5.41, 5.74) is 0. The van der Waals surface area contributed by atoms with E-state index in [9.17, 15) is 0 Å². The van der Waals surface area contributed by atoms with Gasteiger partial charge in [-0.25, -0.2) is 0 Å². The minimum Gasteiger partial charge on any atom is -0.361 e. The fourth-order valence-electron chi connectivity index (χ4n) is 1.57. The lowest BCUT2D eigenvalue weighted by Gasteiger charge is -2.29. The highest BCUT2D eigenvalue weighted by Gasteiger charge is 2.18. The van der Waals surface area contributed by atoms with Crippen molar-refractivity contribution >= 4 is 0 Å². The standard InChI is InChI=1S/C10H18N2O/c1-2-3-4-5-12-6-7-13-10(8-11)9-12/h10H,2-7,9H2,1H3. The average Bonchev–Trinajstić information content (AvgIpc) is 2.19. The second kappa shape index (κ2) is 5.95. The molecule has 1 atom stereocenters. The predicted molar refractivity (Wildman–Crippen MR) is 51.3 cm³/mol. The molecular formula is C10H18N2O. The van der Waals surface area contributed by atoms with Crippen LogP contribution in [0.15, 0.2) is 0 Å². The van der Waals surface area contributed by atoms with Crippen LogP contribution in [0.5, 0.6) is 0 Å². The number of morpholine rings is 1. The average molecular weight is 182 g/mol. The molecule has 1 aliphatic rings. The molecule has 13 heavy (non-hydrogen) atoms. The maximum absolute atomic E-state index is 8.68. The summed E-state index contributed by atoms with van der Waals surface area (Å²) in [7, 11) is 0. The normalized spacial score (nSPS) is 24.2. The van der Waals surface area contributed by atoms with Crippen LogP contribution >= 0.6 is 0 Å². The van der Waals surface area contributed by atoms with Crippen molar-refractivity contribution in [2.45, 2.75) is 32.3 Å². The number of rotatable bonds is 4. The smallest absolute Gasteiger partial charge is 0.156 e. The van der Waals surface area contributed by atoms with E-state index < -0.39 is 0 Å². The van der Waals surface area contributed by atoms with Crippen LogP contribution in [0.1, 0.15) is 26.2 Å². The van der Waals surface area contributed by atoms with Crippen LogP contribution in [0.3, 0.4) is 0 Å². The van der Waals surface area contributed by atoms with Gasteiger partial charge in [0.2, 0.25) is 0 Å². The summed E-state index contributed by atoms with van der Waals surface area (Å²) < 4.78 is 5.26. The maximum atomic E-state index is 8.68. The molecule has 0 N–H and O–H groups in total. The van der Waals surface area contributed by atoms with E-state index in [1.807, 2.05) is 0 Å². The Balaban J connectivity index is 2.15. The van der Waals surface area contributed by atoms with Gasteiger partial charge in [0.05, 0.1) is 12.7 Å². The van der Waals surface area contributed by atoms with Crippen molar-refractivity contribution in [2.75, 3.05) is 26.2 Å². The summed E-state index contributed by atoms with van der Waals surface area (Å²) in [4.78, 5) is 2.33. The molecule has 1 unspecified atom stereocenters. The molecule has 0 radical (unpaired) electrons. The van der Waals surface area contributed by atoms with Crippen LogP contribution in [0.2, 0.25) is 0 Å². The molecule has 0 aromatic heterocycles. The molecule has 0 spiro atoms. The van der Waals surface area contributed by atoms with Gasteiger partial charge in [0.1, 0.15) is 0 Å². The third-order valence-electron chi connectivity index (χ3n) is 2.37. The molecular weight excluding hydrogens is 164 g/mol. The van der Waals surface area contributed by atoms with E-state index in [-0.39, 0.29) is 6.10 Å². The lowest BCUT2D eigenvalue weighted by atomic mass is 10.2. The zero-order valence-corrected chi connectivity index (χ0v) is 8.33. The van der Waals surface area contributed by atoms with Crippen LogP contribution in [-0.4, -0.2) is 37.2 Å². The summed E-state index contributed by atoms with van der Waals surface area (Å²) in [5.74, 6) is 0. The first-order valence-corrected chi connectivity index (χ1v) is 5.10. The fraction of sp³-hybridized carbons (Fsp3) is 0.900. The Morgan fingerprint density at radius 1 is 1.54 bits per heavy atom. The van der Waals surface area contributed by atoms with Gasteiger partial charge < -0.3 is 4.74 Å². The van der Waals surface area contributed by atoms with Gasteiger partial charge in [0, 0.05) is 13.1 Å². The highest BCUT2D eigenvalue weighted by Crippen LogP contribution is 2.06. The van der Waals surface area contributed by atoms with E-state index in [1.165, 1.54) is 19.3 Å².